The zero-order chi connectivity index (χ0) is 22.7. The number of nitrogens with two attached hydrogens (primary N) is 2. The summed E-state index contributed by atoms with van der Waals surface area (Å²) in [5.74, 6) is -8.78. The minimum atomic E-state index is -4.39. The van der Waals surface area contributed by atoms with Gasteiger partial charge in [0.2, 0.25) is 0 Å². The van der Waals surface area contributed by atoms with Crippen LogP contribution in [0.15, 0.2) is 24.3 Å². The fourth-order valence-electron chi connectivity index (χ4n) is 3.62. The molecule has 0 spiro atoms. The van der Waals surface area contributed by atoms with Gasteiger partial charge >= 0.3 is 11.8 Å². The predicted molar refractivity (Wildman–Crippen MR) is 116 cm³/mol. The van der Waals surface area contributed by atoms with E-state index < -0.39 is 23.0 Å². The number of unbranched alkanes of at least 4 members (excludes halogenated alkanes) is 2. The van der Waals surface area contributed by atoms with E-state index in [1.54, 1.807) is 13.8 Å². The van der Waals surface area contributed by atoms with E-state index in [9.17, 15) is 0 Å². The predicted octanol–water partition coefficient (Wildman–Crippen LogP) is 7.04. The van der Waals surface area contributed by atoms with E-state index in [4.69, 9.17) is 11.5 Å². The molecule has 0 bridgehead atoms. The second kappa shape index (κ2) is 9.27. The van der Waals surface area contributed by atoms with Crippen molar-refractivity contribution in [3.05, 3.63) is 57.6 Å². The van der Waals surface area contributed by atoms with Gasteiger partial charge < -0.3 is 11.5 Å². The van der Waals surface area contributed by atoms with Gasteiger partial charge in [0.05, 0.1) is 0 Å². The smallest absolute Gasteiger partial charge is 0.339 e. The monoisotopic (exact) mass is 424 g/mol. The molecule has 0 amide bonds. The quantitative estimate of drug-likeness (QED) is 0.335. The van der Waals surface area contributed by atoms with Crippen molar-refractivity contribution in [3.63, 3.8) is 0 Å². The van der Waals surface area contributed by atoms with Crippen LogP contribution in [0.5, 0.6) is 0 Å². The molecule has 2 rings (SSSR count). The third kappa shape index (κ3) is 4.57. The normalized spacial score (nSPS) is 12.4. The summed E-state index contributed by atoms with van der Waals surface area (Å²) >= 11 is 0. The van der Waals surface area contributed by atoms with Gasteiger partial charge in [0.1, 0.15) is 0 Å². The van der Waals surface area contributed by atoms with Gasteiger partial charge in [-0.1, -0.05) is 26.7 Å². The lowest BCUT2D eigenvalue weighted by Crippen LogP contribution is -2.36. The molecular weight excluding hydrogens is 392 g/mol. The topological polar surface area (TPSA) is 52.0 Å². The molecule has 0 aliphatic heterocycles. The van der Waals surface area contributed by atoms with Crippen LogP contribution in [0.1, 0.15) is 72.9 Å². The Hall–Kier alpha value is -2.24. The lowest BCUT2D eigenvalue weighted by Gasteiger charge is -2.29. The highest BCUT2D eigenvalue weighted by molar-refractivity contribution is 5.58. The molecule has 30 heavy (non-hydrogen) atoms. The van der Waals surface area contributed by atoms with E-state index in [-0.39, 0.29) is 0 Å². The molecule has 0 unspecified atom stereocenters. The third-order valence-electron chi connectivity index (χ3n) is 5.66. The molecule has 0 heterocycles. The van der Waals surface area contributed by atoms with Crippen LogP contribution in [0.4, 0.5) is 28.9 Å². The zero-order valence-corrected chi connectivity index (χ0v) is 18.2. The SMILES string of the molecule is CCCCc1cc(C(F)(F)C(F)(F)c2cc(C)c(N)c(CCCC)c2)cc(C)c1N. The number of hydrogen-bond donors (Lipinski definition) is 2. The standard InChI is InChI=1S/C24H32F4N2/c1-5-7-9-17-13-19(11-15(3)21(17)29)23(25,26)24(27,28)20-12-16(4)22(30)18(14-20)10-8-6-2/h11-14H,5-10,29-30H2,1-4H3. The van der Waals surface area contributed by atoms with Gasteiger partial charge in [-0.05, 0) is 86.1 Å². The molecule has 2 aromatic rings. The van der Waals surface area contributed by atoms with Crippen molar-refractivity contribution in [1.29, 1.82) is 0 Å². The molecule has 0 atom stereocenters. The van der Waals surface area contributed by atoms with Crippen LogP contribution in [0.25, 0.3) is 0 Å². The van der Waals surface area contributed by atoms with Crippen LogP contribution >= 0.6 is 0 Å². The summed E-state index contributed by atoms with van der Waals surface area (Å²) in [6.07, 6.45) is 4.13. The van der Waals surface area contributed by atoms with Crippen molar-refractivity contribution < 1.29 is 17.6 Å². The molecule has 0 fully saturated rings. The maximum Gasteiger partial charge on any atom is 0.339 e. The highest BCUT2D eigenvalue weighted by Gasteiger charge is 2.58. The highest BCUT2D eigenvalue weighted by Crippen LogP contribution is 2.51. The molecule has 0 radical (unpaired) electrons. The number of anilines is 2. The van der Waals surface area contributed by atoms with E-state index >= 15 is 17.6 Å². The molecular formula is C24H32F4N2. The number of rotatable bonds is 9. The van der Waals surface area contributed by atoms with E-state index in [0.29, 0.717) is 46.5 Å². The Labute approximate surface area is 176 Å². The van der Waals surface area contributed by atoms with Gasteiger partial charge in [-0.3, -0.25) is 0 Å². The van der Waals surface area contributed by atoms with Crippen LogP contribution in [0, 0.1) is 13.8 Å². The lowest BCUT2D eigenvalue weighted by atomic mass is 9.89. The molecule has 2 nitrogen and oxygen atoms in total. The Bertz CT molecular complexity index is 818. The van der Waals surface area contributed by atoms with Gasteiger partial charge in [-0.15, -0.1) is 0 Å². The number of halogens is 4. The van der Waals surface area contributed by atoms with Gasteiger partial charge in [0, 0.05) is 22.5 Å². The molecule has 0 aromatic heterocycles. The first kappa shape index (κ1) is 24.0. The Morgan fingerprint density at radius 3 is 1.30 bits per heavy atom. The summed E-state index contributed by atoms with van der Waals surface area (Å²) < 4.78 is 60.9. The van der Waals surface area contributed by atoms with E-state index in [1.807, 2.05) is 13.8 Å². The molecule has 0 aliphatic rings. The fourth-order valence-corrected chi connectivity index (χ4v) is 3.62. The minimum absolute atomic E-state index is 0.381. The molecule has 6 heteroatoms. The van der Waals surface area contributed by atoms with E-state index in [0.717, 1.165) is 49.9 Å². The fraction of sp³-hybridized carbons (Fsp3) is 0.500. The second-order valence-corrected chi connectivity index (χ2v) is 8.09. The van der Waals surface area contributed by atoms with Crippen LogP contribution in [0.3, 0.4) is 0 Å². The molecule has 166 valence electrons. The van der Waals surface area contributed by atoms with Crippen LogP contribution in [-0.2, 0) is 24.7 Å². The Morgan fingerprint density at radius 1 is 0.667 bits per heavy atom. The maximum absolute atomic E-state index is 15.2. The molecule has 0 saturated heterocycles. The largest absolute Gasteiger partial charge is 0.398 e. The third-order valence-corrected chi connectivity index (χ3v) is 5.66. The second-order valence-electron chi connectivity index (χ2n) is 8.09. The van der Waals surface area contributed by atoms with Crippen LogP contribution in [-0.4, -0.2) is 0 Å². The summed E-state index contributed by atoms with van der Waals surface area (Å²) in [6, 6.07) is 4.41. The summed E-state index contributed by atoms with van der Waals surface area (Å²) in [6.45, 7) is 7.07. The first-order chi connectivity index (χ1) is 14.0. The Balaban J connectivity index is 2.56. The van der Waals surface area contributed by atoms with Crippen molar-refractivity contribution in [1.82, 2.24) is 0 Å². The zero-order valence-electron chi connectivity index (χ0n) is 18.2. The Morgan fingerprint density at radius 2 is 1.00 bits per heavy atom. The van der Waals surface area contributed by atoms with Gasteiger partial charge in [0.25, 0.3) is 0 Å². The molecule has 0 saturated carbocycles. The number of aryl methyl sites for hydroxylation is 4. The number of hydrogen-bond acceptors (Lipinski definition) is 2. The summed E-state index contributed by atoms with van der Waals surface area (Å²) in [5.41, 5.74) is 13.1. The minimum Gasteiger partial charge on any atom is -0.398 e. The average Bonchev–Trinajstić information content (AvgIpc) is 2.69. The molecule has 0 aliphatic carbocycles. The molecule has 4 N–H and O–H groups in total. The maximum atomic E-state index is 15.2. The van der Waals surface area contributed by atoms with Crippen molar-refractivity contribution in [2.24, 2.45) is 0 Å². The van der Waals surface area contributed by atoms with Crippen molar-refractivity contribution in [2.75, 3.05) is 11.5 Å². The van der Waals surface area contributed by atoms with Gasteiger partial charge in [0.15, 0.2) is 0 Å². The molecule has 2 aromatic carbocycles. The van der Waals surface area contributed by atoms with E-state index in [2.05, 4.69) is 0 Å². The number of nitrogen functional groups attached to an aromatic ring is 2. The summed E-state index contributed by atoms with van der Waals surface area (Å²) in [5, 5.41) is 0. The van der Waals surface area contributed by atoms with E-state index in [1.165, 1.54) is 0 Å². The van der Waals surface area contributed by atoms with Crippen LogP contribution < -0.4 is 11.5 Å². The average molecular weight is 425 g/mol. The van der Waals surface area contributed by atoms with Gasteiger partial charge in [-0.2, -0.15) is 17.6 Å². The van der Waals surface area contributed by atoms with Crippen molar-refractivity contribution in [3.8, 4) is 0 Å². The highest BCUT2D eigenvalue weighted by atomic mass is 19.3. The van der Waals surface area contributed by atoms with Gasteiger partial charge in [-0.25, -0.2) is 0 Å². The first-order valence-corrected chi connectivity index (χ1v) is 10.5. The summed E-state index contributed by atoms with van der Waals surface area (Å²) in [7, 11) is 0. The summed E-state index contributed by atoms with van der Waals surface area (Å²) in [4.78, 5) is 0. The lowest BCUT2D eigenvalue weighted by molar-refractivity contribution is -0.223. The van der Waals surface area contributed by atoms with Crippen LogP contribution in [0.2, 0.25) is 0 Å². The number of benzene rings is 2. The first-order valence-electron chi connectivity index (χ1n) is 10.5. The van der Waals surface area contributed by atoms with Crippen molar-refractivity contribution >= 4 is 11.4 Å². The number of alkyl halides is 4. The Kier molecular flexibility index (Phi) is 7.43. The van der Waals surface area contributed by atoms with Crippen molar-refractivity contribution in [2.45, 2.75) is 78.1 Å².